The third-order valence-corrected chi connectivity index (χ3v) is 4.08. The molecule has 0 bridgehead atoms. The number of benzene rings is 2. The zero-order chi connectivity index (χ0) is 13.8. The third kappa shape index (κ3) is 2.60. The van der Waals surface area contributed by atoms with Crippen molar-refractivity contribution in [2.24, 2.45) is 5.92 Å². The highest BCUT2D eigenvalue weighted by Gasteiger charge is 2.23. The molecule has 2 aromatic carbocycles. The van der Waals surface area contributed by atoms with Crippen molar-refractivity contribution in [2.45, 2.75) is 19.3 Å². The molecule has 0 saturated heterocycles. The summed E-state index contributed by atoms with van der Waals surface area (Å²) in [6.07, 6.45) is 7.91. The summed E-state index contributed by atoms with van der Waals surface area (Å²) in [6, 6.07) is 21.7. The lowest BCUT2D eigenvalue weighted by Crippen LogP contribution is -2.12. The van der Waals surface area contributed by atoms with E-state index in [9.17, 15) is 0 Å². The lowest BCUT2D eigenvalue weighted by atomic mass is 9.77. The van der Waals surface area contributed by atoms with Crippen LogP contribution in [0.3, 0.4) is 0 Å². The summed E-state index contributed by atoms with van der Waals surface area (Å²) in [5.74, 6) is 0.975. The second kappa shape index (κ2) is 5.92. The van der Waals surface area contributed by atoms with Crippen LogP contribution in [0.4, 0.5) is 0 Å². The molecule has 0 aromatic heterocycles. The van der Waals surface area contributed by atoms with E-state index >= 15 is 0 Å². The second-order valence-electron chi connectivity index (χ2n) is 5.49. The molecule has 0 N–H and O–H groups in total. The first-order valence-electron chi connectivity index (χ1n) is 7.33. The van der Waals surface area contributed by atoms with E-state index in [1.807, 2.05) is 0 Å². The normalized spacial score (nSPS) is 18.1. The fourth-order valence-electron chi connectivity index (χ4n) is 3.01. The lowest BCUT2D eigenvalue weighted by molar-refractivity contribution is 0.638. The average molecular weight is 260 g/mol. The van der Waals surface area contributed by atoms with Gasteiger partial charge >= 0.3 is 0 Å². The molecule has 0 aliphatic heterocycles. The molecular formula is C20H20. The molecule has 1 aliphatic carbocycles. The van der Waals surface area contributed by atoms with Gasteiger partial charge in [-0.3, -0.25) is 0 Å². The Morgan fingerprint density at radius 2 is 1.40 bits per heavy atom. The van der Waals surface area contributed by atoms with Crippen LogP contribution in [0, 0.1) is 5.92 Å². The van der Waals surface area contributed by atoms with Crippen molar-refractivity contribution in [1.82, 2.24) is 0 Å². The molecule has 20 heavy (non-hydrogen) atoms. The van der Waals surface area contributed by atoms with Crippen LogP contribution < -0.4 is 0 Å². The van der Waals surface area contributed by atoms with Crippen LogP contribution in [0.15, 0.2) is 84.5 Å². The van der Waals surface area contributed by atoms with E-state index in [1.165, 1.54) is 16.7 Å². The Hall–Kier alpha value is -2.08. The maximum absolute atomic E-state index is 2.33. The van der Waals surface area contributed by atoms with Gasteiger partial charge in [0.25, 0.3) is 0 Å². The van der Waals surface area contributed by atoms with Crippen molar-refractivity contribution in [1.29, 1.82) is 0 Å². The molecule has 1 unspecified atom stereocenters. The SMILES string of the molecule is CC1CC=CC=C1C(c1ccccc1)c1ccccc1. The molecule has 1 atom stereocenters. The van der Waals surface area contributed by atoms with E-state index in [0.717, 1.165) is 6.42 Å². The van der Waals surface area contributed by atoms with Crippen LogP contribution in [0.5, 0.6) is 0 Å². The van der Waals surface area contributed by atoms with Gasteiger partial charge in [-0.15, -0.1) is 0 Å². The minimum atomic E-state index is 0.373. The monoisotopic (exact) mass is 260 g/mol. The molecule has 0 amide bonds. The second-order valence-corrected chi connectivity index (χ2v) is 5.49. The van der Waals surface area contributed by atoms with Crippen molar-refractivity contribution < 1.29 is 0 Å². The Morgan fingerprint density at radius 1 is 0.850 bits per heavy atom. The van der Waals surface area contributed by atoms with Crippen molar-refractivity contribution in [3.8, 4) is 0 Å². The van der Waals surface area contributed by atoms with Crippen molar-refractivity contribution in [3.63, 3.8) is 0 Å². The average Bonchev–Trinajstić information content (AvgIpc) is 2.52. The predicted molar refractivity (Wildman–Crippen MR) is 85.7 cm³/mol. The summed E-state index contributed by atoms with van der Waals surface area (Å²) < 4.78 is 0. The van der Waals surface area contributed by atoms with Gasteiger partial charge in [0.05, 0.1) is 0 Å². The standard InChI is InChI=1S/C20H20/c1-16-10-8-9-15-19(16)20(17-11-4-2-5-12-17)18-13-6-3-7-14-18/h2-9,11-16,20H,10H2,1H3. The summed E-state index contributed by atoms with van der Waals surface area (Å²) in [7, 11) is 0. The summed E-state index contributed by atoms with van der Waals surface area (Å²) in [5, 5.41) is 0. The number of rotatable bonds is 3. The Balaban J connectivity index is 2.09. The molecule has 0 nitrogen and oxygen atoms in total. The minimum Gasteiger partial charge on any atom is -0.0840 e. The first kappa shape index (κ1) is 12.9. The highest BCUT2D eigenvalue weighted by molar-refractivity contribution is 5.43. The Morgan fingerprint density at radius 3 is 1.90 bits per heavy atom. The summed E-state index contributed by atoms with van der Waals surface area (Å²) in [6.45, 7) is 2.33. The van der Waals surface area contributed by atoms with Crippen LogP contribution in [0.1, 0.15) is 30.4 Å². The van der Waals surface area contributed by atoms with Gasteiger partial charge in [0, 0.05) is 5.92 Å². The van der Waals surface area contributed by atoms with Crippen molar-refractivity contribution in [2.75, 3.05) is 0 Å². The first-order chi connectivity index (χ1) is 9.86. The molecular weight excluding hydrogens is 240 g/mol. The Kier molecular flexibility index (Phi) is 3.83. The molecule has 2 aromatic rings. The largest absolute Gasteiger partial charge is 0.0840 e. The van der Waals surface area contributed by atoms with Crippen LogP contribution >= 0.6 is 0 Å². The first-order valence-corrected chi connectivity index (χ1v) is 7.33. The molecule has 0 heteroatoms. The van der Waals surface area contributed by atoms with Gasteiger partial charge in [0.15, 0.2) is 0 Å². The highest BCUT2D eigenvalue weighted by atomic mass is 14.3. The van der Waals surface area contributed by atoms with Gasteiger partial charge in [-0.25, -0.2) is 0 Å². The van der Waals surface area contributed by atoms with E-state index in [-0.39, 0.29) is 0 Å². The van der Waals surface area contributed by atoms with Crippen molar-refractivity contribution >= 4 is 0 Å². The third-order valence-electron chi connectivity index (χ3n) is 4.08. The highest BCUT2D eigenvalue weighted by Crippen LogP contribution is 2.38. The van der Waals surface area contributed by atoms with E-state index in [4.69, 9.17) is 0 Å². The molecule has 0 spiro atoms. The molecule has 0 fully saturated rings. The number of hydrogen-bond donors (Lipinski definition) is 0. The molecule has 0 saturated carbocycles. The van der Waals surface area contributed by atoms with Gasteiger partial charge in [0.2, 0.25) is 0 Å². The van der Waals surface area contributed by atoms with Gasteiger partial charge in [-0.1, -0.05) is 91.4 Å². The maximum Gasteiger partial charge on any atom is 0.0304 e. The van der Waals surface area contributed by atoms with E-state index in [0.29, 0.717) is 11.8 Å². The van der Waals surface area contributed by atoms with Gasteiger partial charge in [0.1, 0.15) is 0 Å². The lowest BCUT2D eigenvalue weighted by Gasteiger charge is -2.27. The summed E-state index contributed by atoms with van der Waals surface area (Å²) in [4.78, 5) is 0. The zero-order valence-electron chi connectivity index (χ0n) is 11.9. The van der Waals surface area contributed by atoms with E-state index in [2.05, 4.69) is 85.8 Å². The van der Waals surface area contributed by atoms with Gasteiger partial charge in [-0.05, 0) is 23.5 Å². The quantitative estimate of drug-likeness (QED) is 0.698. The number of hydrogen-bond acceptors (Lipinski definition) is 0. The van der Waals surface area contributed by atoms with E-state index in [1.54, 1.807) is 0 Å². The van der Waals surface area contributed by atoms with E-state index < -0.39 is 0 Å². The molecule has 100 valence electrons. The van der Waals surface area contributed by atoms with Gasteiger partial charge in [-0.2, -0.15) is 0 Å². The van der Waals surface area contributed by atoms with Crippen LogP contribution in [-0.2, 0) is 0 Å². The minimum absolute atomic E-state index is 0.373. The number of allylic oxidation sites excluding steroid dienone is 4. The molecule has 3 rings (SSSR count). The van der Waals surface area contributed by atoms with Gasteiger partial charge < -0.3 is 0 Å². The molecule has 0 heterocycles. The Bertz CT molecular complexity index is 566. The summed E-state index contributed by atoms with van der Waals surface area (Å²) in [5.41, 5.74) is 4.28. The molecule has 0 radical (unpaired) electrons. The van der Waals surface area contributed by atoms with Crippen molar-refractivity contribution in [3.05, 3.63) is 95.6 Å². The zero-order valence-corrected chi connectivity index (χ0v) is 11.9. The fourth-order valence-corrected chi connectivity index (χ4v) is 3.01. The Labute approximate surface area is 121 Å². The van der Waals surface area contributed by atoms with Crippen LogP contribution in [0.2, 0.25) is 0 Å². The fraction of sp³-hybridized carbons (Fsp3) is 0.200. The summed E-state index contributed by atoms with van der Waals surface area (Å²) >= 11 is 0. The predicted octanol–water partition coefficient (Wildman–Crippen LogP) is 5.34. The smallest absolute Gasteiger partial charge is 0.0304 e. The maximum atomic E-state index is 2.33. The van der Waals surface area contributed by atoms with Crippen LogP contribution in [0.25, 0.3) is 0 Å². The molecule has 1 aliphatic rings. The van der Waals surface area contributed by atoms with Crippen LogP contribution in [-0.4, -0.2) is 0 Å². The topological polar surface area (TPSA) is 0 Å².